The molecule has 0 saturated heterocycles. The third kappa shape index (κ3) is 8.26. The van der Waals surface area contributed by atoms with Crippen molar-refractivity contribution < 1.29 is 9.90 Å². The van der Waals surface area contributed by atoms with Gasteiger partial charge in [0.1, 0.15) is 17.8 Å². The molecule has 3 rings (SSSR count). The van der Waals surface area contributed by atoms with E-state index in [1.165, 1.54) is 0 Å². The van der Waals surface area contributed by atoms with E-state index in [9.17, 15) is 4.79 Å². The highest BCUT2D eigenvalue weighted by Crippen LogP contribution is 2.25. The fourth-order valence-corrected chi connectivity index (χ4v) is 1.98. The second kappa shape index (κ2) is 17.6. The van der Waals surface area contributed by atoms with E-state index in [1.807, 2.05) is 59.9 Å². The Kier molecular flexibility index (Phi) is 17.2. The second-order valence-electron chi connectivity index (χ2n) is 4.44. The summed E-state index contributed by atoms with van der Waals surface area (Å²) >= 11 is 0. The van der Waals surface area contributed by atoms with Gasteiger partial charge in [-0.25, -0.2) is 15.0 Å². The lowest BCUT2D eigenvalue weighted by atomic mass is 10.2. The summed E-state index contributed by atoms with van der Waals surface area (Å²) in [6.07, 6.45) is 6.06. The molecule has 0 unspecified atom stereocenters. The van der Waals surface area contributed by atoms with Crippen molar-refractivity contribution in [2.45, 2.75) is 54.5 Å². The minimum Gasteiger partial charge on any atom is -0.400 e. The zero-order valence-electron chi connectivity index (χ0n) is 18.3. The highest BCUT2D eigenvalue weighted by Gasteiger charge is 2.10. The molecule has 0 aromatic carbocycles. The summed E-state index contributed by atoms with van der Waals surface area (Å²) in [5.41, 5.74) is 1.68. The number of carbonyl (C=O) groups excluding carboxylic acids is 1. The first-order chi connectivity index (χ1) is 13.8. The highest BCUT2D eigenvalue weighted by atomic mass is 16.2. The Balaban J connectivity index is 0. The average Bonchev–Trinajstić information content (AvgIpc) is 3.23. The van der Waals surface area contributed by atoms with Crippen LogP contribution in [0.15, 0.2) is 36.8 Å². The molecule has 0 aliphatic rings. The predicted molar refractivity (Wildman–Crippen MR) is 118 cm³/mol. The molecule has 0 saturated carbocycles. The molecule has 3 aromatic heterocycles. The van der Waals surface area contributed by atoms with Crippen LogP contribution in [-0.4, -0.2) is 44.5 Å². The van der Waals surface area contributed by atoms with Gasteiger partial charge in [0.15, 0.2) is 5.82 Å². The number of aromatic amines is 1. The summed E-state index contributed by atoms with van der Waals surface area (Å²) in [5, 5.41) is 11.0. The summed E-state index contributed by atoms with van der Waals surface area (Å²) in [6, 6.07) is 5.28. The first-order valence-corrected chi connectivity index (χ1v) is 9.70. The molecule has 7 nitrogen and oxygen atoms in total. The van der Waals surface area contributed by atoms with Gasteiger partial charge in [-0.3, -0.25) is 0 Å². The summed E-state index contributed by atoms with van der Waals surface area (Å²) < 4.78 is 0. The van der Waals surface area contributed by atoms with E-state index in [0.29, 0.717) is 11.6 Å². The van der Waals surface area contributed by atoms with Crippen LogP contribution in [0, 0.1) is 0 Å². The number of anilines is 1. The first-order valence-electron chi connectivity index (χ1n) is 9.70. The van der Waals surface area contributed by atoms with Crippen molar-refractivity contribution in [1.82, 2.24) is 19.9 Å². The van der Waals surface area contributed by atoms with Crippen molar-refractivity contribution in [3.63, 3.8) is 0 Å². The number of fused-ring (bicyclic) bond motifs is 1. The fraction of sp³-hybridized carbons (Fsp3) is 0.429. The van der Waals surface area contributed by atoms with Crippen LogP contribution in [0.1, 0.15) is 48.5 Å². The van der Waals surface area contributed by atoms with E-state index in [2.05, 4.69) is 25.3 Å². The Morgan fingerprint density at radius 1 is 1.04 bits per heavy atom. The molecule has 0 amide bonds. The third-order valence-corrected chi connectivity index (χ3v) is 2.93. The van der Waals surface area contributed by atoms with E-state index < -0.39 is 0 Å². The Morgan fingerprint density at radius 3 is 2.29 bits per heavy atom. The van der Waals surface area contributed by atoms with Crippen LogP contribution in [0.2, 0.25) is 0 Å². The number of pyridine rings is 1. The lowest BCUT2D eigenvalue weighted by Crippen LogP contribution is -2.17. The van der Waals surface area contributed by atoms with E-state index >= 15 is 0 Å². The van der Waals surface area contributed by atoms with Crippen LogP contribution < -0.4 is 5.32 Å². The number of hydrogen-bond acceptors (Lipinski definition) is 6. The number of rotatable bonds is 4. The molecule has 3 heterocycles. The number of aromatic nitrogens is 4. The maximum Gasteiger partial charge on any atom is 0.163 e. The predicted octanol–water partition coefficient (Wildman–Crippen LogP) is 4.71. The Bertz CT molecular complexity index is 759. The van der Waals surface area contributed by atoms with Crippen molar-refractivity contribution in [3.8, 4) is 11.4 Å². The number of aliphatic hydroxyl groups excluding tert-OH is 1. The molecule has 1 atom stereocenters. The number of carbonyl (C=O) groups is 1. The number of aldehydes is 1. The summed E-state index contributed by atoms with van der Waals surface area (Å²) in [7, 11) is 1.00. The lowest BCUT2D eigenvalue weighted by molar-refractivity contribution is -0.108. The standard InChI is InChI=1S/C14H13N5O.3C2H6.CH4O/c1-9(8-20)18-12-4-6-16-14(19-12)11-7-17-13-10(11)3-2-5-15-13;4*1-2/h2-9H,1H3,(H,15,17)(H,16,18,19);3*1-2H3;2H,1H3/t9-;;;;/m0..../s1. The zero-order chi connectivity index (χ0) is 21.9. The number of nitrogens with zero attached hydrogens (tertiary/aromatic N) is 3. The summed E-state index contributed by atoms with van der Waals surface area (Å²) in [5.74, 6) is 1.21. The van der Waals surface area contributed by atoms with Gasteiger partial charge in [0.05, 0.1) is 6.04 Å². The van der Waals surface area contributed by atoms with E-state index in [-0.39, 0.29) is 6.04 Å². The summed E-state index contributed by atoms with van der Waals surface area (Å²) in [6.45, 7) is 13.8. The average molecular weight is 390 g/mol. The van der Waals surface area contributed by atoms with Crippen molar-refractivity contribution in [3.05, 3.63) is 36.8 Å². The quantitative estimate of drug-likeness (QED) is 0.558. The molecule has 156 valence electrons. The molecule has 0 aliphatic heterocycles. The van der Waals surface area contributed by atoms with Gasteiger partial charge in [-0.1, -0.05) is 41.5 Å². The van der Waals surface area contributed by atoms with Gasteiger partial charge in [-0.2, -0.15) is 0 Å². The molecule has 0 aliphatic carbocycles. The summed E-state index contributed by atoms with van der Waals surface area (Å²) in [4.78, 5) is 26.7. The monoisotopic (exact) mass is 389 g/mol. The SMILES string of the molecule is CC.CC.CC.CO.C[C@@H](C=O)Nc1ccnc(-c2c[nH]c3ncccc23)n1. The molecule has 7 heteroatoms. The molecule has 0 bridgehead atoms. The largest absolute Gasteiger partial charge is 0.400 e. The number of aliphatic hydroxyl groups is 1. The van der Waals surface area contributed by atoms with Crippen molar-refractivity contribution in [1.29, 1.82) is 0 Å². The van der Waals surface area contributed by atoms with Gasteiger partial charge in [-0.05, 0) is 25.1 Å². The van der Waals surface area contributed by atoms with E-state index in [0.717, 1.165) is 30.0 Å². The first kappa shape index (κ1) is 27.4. The molecule has 3 N–H and O–H groups in total. The van der Waals surface area contributed by atoms with Crippen molar-refractivity contribution in [2.24, 2.45) is 0 Å². The van der Waals surface area contributed by atoms with Gasteiger partial charge >= 0.3 is 0 Å². The smallest absolute Gasteiger partial charge is 0.163 e. The molecule has 28 heavy (non-hydrogen) atoms. The maximum atomic E-state index is 10.7. The fourth-order valence-electron chi connectivity index (χ4n) is 1.98. The lowest BCUT2D eigenvalue weighted by Gasteiger charge is -2.08. The molecular formula is C21H35N5O2. The van der Waals surface area contributed by atoms with Gasteiger partial charge < -0.3 is 20.2 Å². The van der Waals surface area contributed by atoms with E-state index in [1.54, 1.807) is 25.4 Å². The van der Waals surface area contributed by atoms with Crippen molar-refractivity contribution >= 4 is 23.1 Å². The number of hydrogen-bond donors (Lipinski definition) is 3. The van der Waals surface area contributed by atoms with Crippen LogP contribution in [0.3, 0.4) is 0 Å². The Morgan fingerprint density at radius 2 is 1.68 bits per heavy atom. The van der Waals surface area contributed by atoms with E-state index in [4.69, 9.17) is 5.11 Å². The molecular weight excluding hydrogens is 354 g/mol. The van der Waals surface area contributed by atoms with Crippen molar-refractivity contribution in [2.75, 3.05) is 12.4 Å². The number of nitrogens with one attached hydrogen (secondary N) is 2. The Labute approximate surface area is 168 Å². The van der Waals surface area contributed by atoms with Crippen LogP contribution in [0.25, 0.3) is 22.4 Å². The molecule has 0 fully saturated rings. The van der Waals surface area contributed by atoms with Crippen LogP contribution in [0.5, 0.6) is 0 Å². The highest BCUT2D eigenvalue weighted by molar-refractivity contribution is 5.91. The normalized spacial score (nSPS) is 9.61. The van der Waals surface area contributed by atoms with Gasteiger partial charge in [-0.15, -0.1) is 0 Å². The molecule has 0 spiro atoms. The Hall–Kier alpha value is -2.80. The third-order valence-electron chi connectivity index (χ3n) is 2.93. The number of H-pyrrole nitrogens is 1. The zero-order valence-corrected chi connectivity index (χ0v) is 18.3. The van der Waals surface area contributed by atoms with Crippen LogP contribution in [0.4, 0.5) is 5.82 Å². The topological polar surface area (TPSA) is 104 Å². The van der Waals surface area contributed by atoms with Gasteiger partial charge in [0.2, 0.25) is 0 Å². The van der Waals surface area contributed by atoms with Crippen LogP contribution >= 0.6 is 0 Å². The second-order valence-corrected chi connectivity index (χ2v) is 4.44. The van der Waals surface area contributed by atoms with Crippen LogP contribution in [-0.2, 0) is 4.79 Å². The molecule has 3 aromatic rings. The minimum atomic E-state index is -0.289. The van der Waals surface area contributed by atoms with Gasteiger partial charge in [0.25, 0.3) is 0 Å². The molecule has 0 radical (unpaired) electrons. The maximum absolute atomic E-state index is 10.7. The minimum absolute atomic E-state index is 0.289. The van der Waals surface area contributed by atoms with Gasteiger partial charge in [0, 0.05) is 36.7 Å².